The predicted molar refractivity (Wildman–Crippen MR) is 119 cm³/mol. The number of carbonyl (C=O) groups excluding carboxylic acids is 2. The van der Waals surface area contributed by atoms with Gasteiger partial charge < -0.3 is 9.47 Å². The molecule has 29 heavy (non-hydrogen) atoms. The van der Waals surface area contributed by atoms with E-state index in [2.05, 4.69) is 22.5 Å². The maximum atomic E-state index is 12.8. The Morgan fingerprint density at radius 3 is 2.69 bits per heavy atom. The number of hydrogen-bond acceptors (Lipinski definition) is 5. The maximum Gasteiger partial charge on any atom is 0.293 e. The second-order valence-electron chi connectivity index (χ2n) is 6.33. The van der Waals surface area contributed by atoms with Crippen molar-refractivity contribution in [1.29, 1.82) is 0 Å². The van der Waals surface area contributed by atoms with Gasteiger partial charge in [-0.1, -0.05) is 36.9 Å². The van der Waals surface area contributed by atoms with Crippen LogP contribution < -0.4 is 9.47 Å². The van der Waals surface area contributed by atoms with Crippen LogP contribution in [-0.4, -0.2) is 29.8 Å². The van der Waals surface area contributed by atoms with Gasteiger partial charge in [-0.3, -0.25) is 14.5 Å². The molecule has 1 fully saturated rings. The summed E-state index contributed by atoms with van der Waals surface area (Å²) in [5, 5.41) is -0.276. The number of carbonyl (C=O) groups is 2. The van der Waals surface area contributed by atoms with Crippen LogP contribution in [0.2, 0.25) is 0 Å². The smallest absolute Gasteiger partial charge is 0.293 e. The fourth-order valence-electron chi connectivity index (χ4n) is 2.85. The zero-order valence-corrected chi connectivity index (χ0v) is 18.5. The summed E-state index contributed by atoms with van der Waals surface area (Å²) in [7, 11) is 1.54. The zero-order chi connectivity index (χ0) is 21.0. The van der Waals surface area contributed by atoms with E-state index in [1.165, 1.54) is 4.90 Å². The van der Waals surface area contributed by atoms with Crippen molar-refractivity contribution >= 4 is 44.9 Å². The van der Waals surface area contributed by atoms with E-state index >= 15 is 0 Å². The summed E-state index contributed by atoms with van der Waals surface area (Å²) >= 11 is 4.41. The molecule has 2 aromatic carbocycles. The summed E-state index contributed by atoms with van der Waals surface area (Å²) in [6, 6.07) is 11.3. The van der Waals surface area contributed by atoms with Crippen molar-refractivity contribution < 1.29 is 19.1 Å². The second-order valence-corrected chi connectivity index (χ2v) is 8.18. The minimum absolute atomic E-state index is 0.260. The lowest BCUT2D eigenvalue weighted by Gasteiger charge is -2.14. The normalized spacial score (nSPS) is 15.1. The quantitative estimate of drug-likeness (QED) is 0.388. The molecule has 150 valence electrons. The maximum absolute atomic E-state index is 12.8. The Hall–Kier alpha value is -2.51. The molecular weight excluding hydrogens is 454 g/mol. The standard InChI is InChI=1S/C22H20BrNO4S/c1-4-9-28-20-17(23)10-15(11-18(20)27-3)12-19-21(25)24(22(26)29-19)13-16-8-6-5-7-14(16)2/h4-8,10-12H,1,9,13H2,2-3H3/b19-12-. The SMILES string of the molecule is C=CCOc1c(Br)cc(/C=C2\SC(=O)N(Cc3ccccc3C)C2=O)cc1OC. The largest absolute Gasteiger partial charge is 0.493 e. The number of halogens is 1. The van der Waals surface area contributed by atoms with E-state index in [1.54, 1.807) is 25.3 Å². The van der Waals surface area contributed by atoms with Gasteiger partial charge in [-0.25, -0.2) is 0 Å². The monoisotopic (exact) mass is 473 g/mol. The molecule has 0 aliphatic carbocycles. The third kappa shape index (κ3) is 4.74. The van der Waals surface area contributed by atoms with E-state index in [-0.39, 0.29) is 17.7 Å². The van der Waals surface area contributed by atoms with Gasteiger partial charge in [0, 0.05) is 0 Å². The fraction of sp³-hybridized carbons (Fsp3) is 0.182. The van der Waals surface area contributed by atoms with Gasteiger partial charge in [0.15, 0.2) is 11.5 Å². The molecule has 2 aromatic rings. The molecule has 1 aliphatic heterocycles. The topological polar surface area (TPSA) is 55.8 Å². The number of thioether (sulfide) groups is 1. The third-order valence-electron chi connectivity index (χ3n) is 4.36. The molecule has 0 atom stereocenters. The summed E-state index contributed by atoms with van der Waals surface area (Å²) < 4.78 is 11.7. The molecule has 1 aliphatic rings. The molecule has 2 amide bonds. The van der Waals surface area contributed by atoms with Gasteiger partial charge in [0.2, 0.25) is 0 Å². The number of amides is 2. The first-order chi connectivity index (χ1) is 13.9. The zero-order valence-electron chi connectivity index (χ0n) is 16.1. The number of imide groups is 1. The van der Waals surface area contributed by atoms with Gasteiger partial charge in [0.05, 0.1) is 23.0 Å². The Kier molecular flexibility index (Phi) is 6.82. The lowest BCUT2D eigenvalue weighted by atomic mass is 10.1. The van der Waals surface area contributed by atoms with Gasteiger partial charge in [-0.05, 0) is 69.5 Å². The Labute approximate surface area is 182 Å². The molecule has 0 unspecified atom stereocenters. The first-order valence-electron chi connectivity index (χ1n) is 8.85. The minimum atomic E-state index is -0.301. The summed E-state index contributed by atoms with van der Waals surface area (Å²) in [5.74, 6) is 0.772. The molecule has 0 saturated carbocycles. The highest BCUT2D eigenvalue weighted by molar-refractivity contribution is 9.10. The molecule has 7 heteroatoms. The molecule has 1 heterocycles. The van der Waals surface area contributed by atoms with Crippen molar-refractivity contribution in [2.75, 3.05) is 13.7 Å². The Morgan fingerprint density at radius 2 is 2.00 bits per heavy atom. The van der Waals surface area contributed by atoms with Crippen LogP contribution in [0.25, 0.3) is 6.08 Å². The highest BCUT2D eigenvalue weighted by Gasteiger charge is 2.35. The molecule has 3 rings (SSSR count). The van der Waals surface area contributed by atoms with Gasteiger partial charge in [-0.15, -0.1) is 0 Å². The number of aryl methyl sites for hydroxylation is 1. The lowest BCUT2D eigenvalue weighted by Crippen LogP contribution is -2.27. The van der Waals surface area contributed by atoms with Crippen molar-refractivity contribution in [2.24, 2.45) is 0 Å². The Bertz CT molecular complexity index is 1000. The van der Waals surface area contributed by atoms with Crippen molar-refractivity contribution in [3.63, 3.8) is 0 Å². The van der Waals surface area contributed by atoms with Gasteiger partial charge >= 0.3 is 0 Å². The van der Waals surface area contributed by atoms with E-state index in [0.29, 0.717) is 27.5 Å². The van der Waals surface area contributed by atoms with Crippen LogP contribution in [0.5, 0.6) is 11.5 Å². The van der Waals surface area contributed by atoms with Crippen LogP contribution in [0.4, 0.5) is 4.79 Å². The highest BCUT2D eigenvalue weighted by atomic mass is 79.9. The van der Waals surface area contributed by atoms with Crippen molar-refractivity contribution in [2.45, 2.75) is 13.5 Å². The Balaban J connectivity index is 1.86. The molecule has 0 bridgehead atoms. The highest BCUT2D eigenvalue weighted by Crippen LogP contribution is 2.39. The van der Waals surface area contributed by atoms with Gasteiger partial charge in [-0.2, -0.15) is 0 Å². The Morgan fingerprint density at radius 1 is 1.24 bits per heavy atom. The van der Waals surface area contributed by atoms with Crippen LogP contribution in [0.3, 0.4) is 0 Å². The predicted octanol–water partition coefficient (Wildman–Crippen LogP) is 5.57. The van der Waals surface area contributed by atoms with E-state index in [4.69, 9.17) is 9.47 Å². The summed E-state index contributed by atoms with van der Waals surface area (Å²) in [6.07, 6.45) is 3.33. The first-order valence-corrected chi connectivity index (χ1v) is 10.5. The van der Waals surface area contributed by atoms with E-state index in [1.807, 2.05) is 37.3 Å². The molecular formula is C22H20BrNO4S. The number of benzene rings is 2. The van der Waals surface area contributed by atoms with E-state index in [0.717, 1.165) is 28.5 Å². The molecule has 0 spiro atoms. The summed E-state index contributed by atoms with van der Waals surface area (Å²) in [5.41, 5.74) is 2.71. The van der Waals surface area contributed by atoms with Crippen LogP contribution in [0.1, 0.15) is 16.7 Å². The third-order valence-corrected chi connectivity index (χ3v) is 5.85. The molecule has 0 aromatic heterocycles. The molecule has 5 nitrogen and oxygen atoms in total. The number of methoxy groups -OCH3 is 1. The molecule has 1 saturated heterocycles. The average Bonchev–Trinajstić information content (AvgIpc) is 2.95. The number of ether oxygens (including phenoxy) is 2. The number of rotatable bonds is 7. The van der Waals surface area contributed by atoms with Crippen molar-refractivity contribution in [1.82, 2.24) is 4.90 Å². The minimum Gasteiger partial charge on any atom is -0.493 e. The van der Waals surface area contributed by atoms with E-state index < -0.39 is 0 Å². The van der Waals surface area contributed by atoms with Crippen molar-refractivity contribution in [3.8, 4) is 11.5 Å². The van der Waals surface area contributed by atoms with E-state index in [9.17, 15) is 9.59 Å². The number of nitrogens with zero attached hydrogens (tertiary/aromatic N) is 1. The van der Waals surface area contributed by atoms with Gasteiger partial charge in [0.25, 0.3) is 11.1 Å². The first kappa shape index (κ1) is 21.2. The second kappa shape index (κ2) is 9.33. The summed E-state index contributed by atoms with van der Waals surface area (Å²) in [4.78, 5) is 26.9. The fourth-order valence-corrected chi connectivity index (χ4v) is 4.26. The van der Waals surface area contributed by atoms with Crippen LogP contribution in [-0.2, 0) is 11.3 Å². The van der Waals surface area contributed by atoms with Crippen molar-refractivity contribution in [3.05, 3.63) is 75.1 Å². The number of hydrogen-bond donors (Lipinski definition) is 0. The molecule has 0 N–H and O–H groups in total. The molecule has 0 radical (unpaired) electrons. The summed E-state index contributed by atoms with van der Waals surface area (Å²) in [6.45, 7) is 6.20. The van der Waals surface area contributed by atoms with Gasteiger partial charge in [0.1, 0.15) is 6.61 Å². The van der Waals surface area contributed by atoms with Crippen LogP contribution in [0, 0.1) is 6.92 Å². The van der Waals surface area contributed by atoms with Crippen LogP contribution >= 0.6 is 27.7 Å². The average molecular weight is 474 g/mol. The van der Waals surface area contributed by atoms with Crippen LogP contribution in [0.15, 0.2) is 58.4 Å². The lowest BCUT2D eigenvalue weighted by molar-refractivity contribution is -0.123.